The molecule has 0 aliphatic heterocycles. The van der Waals surface area contributed by atoms with Gasteiger partial charge in [0.2, 0.25) is 5.89 Å². The molecule has 0 spiro atoms. The molecule has 8 aromatic carbocycles. The lowest BCUT2D eigenvalue weighted by molar-refractivity contribution is 0.621. The quantitative estimate of drug-likeness (QED) is 0.176. The molecular weight excluding hydrogens is 641 g/mol. The van der Waals surface area contributed by atoms with Crippen LogP contribution in [0.4, 0.5) is 17.1 Å². The number of nitrogens with zero attached hydrogens (tertiary/aromatic N) is 2. The standard InChI is InChI=1S/C47H30N2OS/c1-3-12-34(13-4-1)49(35-14-5-2-6-15-35)36-28-26-32(27-29-36)31-22-24-33(25-23-31)37-18-11-21-43-45(37)46-39-17-8-7-16-38(39)40(30-44(46)51-43)47-48-41-19-9-10-20-42(41)50-47/h1-30H. The molecule has 0 unspecified atom stereocenters. The van der Waals surface area contributed by atoms with E-state index in [0.717, 1.165) is 39.1 Å². The highest BCUT2D eigenvalue weighted by Gasteiger charge is 2.19. The average Bonchev–Trinajstić information content (AvgIpc) is 3.81. The molecule has 10 aromatic rings. The molecule has 2 aromatic heterocycles. The first kappa shape index (κ1) is 29.4. The molecule has 0 N–H and O–H groups in total. The highest BCUT2D eigenvalue weighted by molar-refractivity contribution is 7.26. The van der Waals surface area contributed by atoms with Gasteiger partial charge in [-0.3, -0.25) is 0 Å². The Balaban J connectivity index is 1.04. The van der Waals surface area contributed by atoms with Gasteiger partial charge in [-0.2, -0.15) is 0 Å². The molecule has 0 saturated carbocycles. The number of para-hydroxylation sites is 4. The second kappa shape index (κ2) is 12.1. The molecule has 0 radical (unpaired) electrons. The summed E-state index contributed by atoms with van der Waals surface area (Å²) >= 11 is 1.83. The summed E-state index contributed by atoms with van der Waals surface area (Å²) in [6.45, 7) is 0. The van der Waals surface area contributed by atoms with Crippen LogP contribution >= 0.6 is 11.3 Å². The summed E-state index contributed by atoms with van der Waals surface area (Å²) < 4.78 is 8.77. The zero-order valence-electron chi connectivity index (χ0n) is 27.5. The Morgan fingerprint density at radius 3 is 1.73 bits per heavy atom. The number of thiophene rings is 1. The summed E-state index contributed by atoms with van der Waals surface area (Å²) in [4.78, 5) is 7.16. The Morgan fingerprint density at radius 2 is 1.02 bits per heavy atom. The lowest BCUT2D eigenvalue weighted by Gasteiger charge is -2.25. The topological polar surface area (TPSA) is 29.3 Å². The minimum absolute atomic E-state index is 0.656. The maximum atomic E-state index is 6.28. The molecular formula is C47H30N2OS. The molecule has 0 saturated heterocycles. The third kappa shape index (κ3) is 5.08. The van der Waals surface area contributed by atoms with Crippen LogP contribution in [0.5, 0.6) is 0 Å². The van der Waals surface area contributed by atoms with Gasteiger partial charge in [-0.05, 0) is 93.7 Å². The maximum Gasteiger partial charge on any atom is 0.227 e. The molecule has 0 fully saturated rings. The molecule has 0 amide bonds. The highest BCUT2D eigenvalue weighted by Crippen LogP contribution is 2.46. The fraction of sp³-hybridized carbons (Fsp3) is 0. The number of fused-ring (bicyclic) bond motifs is 6. The third-order valence-electron chi connectivity index (χ3n) is 9.71. The van der Waals surface area contributed by atoms with E-state index in [1.54, 1.807) is 0 Å². The van der Waals surface area contributed by atoms with E-state index in [4.69, 9.17) is 9.40 Å². The lowest BCUT2D eigenvalue weighted by Crippen LogP contribution is -2.09. The van der Waals surface area contributed by atoms with Gasteiger partial charge in [0.25, 0.3) is 0 Å². The fourth-order valence-corrected chi connectivity index (χ4v) is 8.52. The summed E-state index contributed by atoms with van der Waals surface area (Å²) in [5.41, 5.74) is 10.9. The van der Waals surface area contributed by atoms with Crippen molar-refractivity contribution in [3.63, 3.8) is 0 Å². The van der Waals surface area contributed by atoms with E-state index in [1.165, 1.54) is 47.8 Å². The Labute approximate surface area is 299 Å². The summed E-state index contributed by atoms with van der Waals surface area (Å²) in [6, 6.07) is 64.4. The van der Waals surface area contributed by atoms with Gasteiger partial charge in [0.05, 0.1) is 0 Å². The second-order valence-corrected chi connectivity index (χ2v) is 13.8. The SMILES string of the molecule is c1ccc(N(c2ccccc2)c2ccc(-c3ccc(-c4cccc5sc6cc(-c7nc8ccccc8o7)c7ccccc7c6c45)cc3)cc2)cc1. The normalized spacial score (nSPS) is 11.5. The predicted octanol–water partition coefficient (Wildman–Crippen LogP) is 13.8. The van der Waals surface area contributed by atoms with Crippen LogP contribution in [-0.2, 0) is 0 Å². The van der Waals surface area contributed by atoms with E-state index in [-0.39, 0.29) is 0 Å². The molecule has 0 aliphatic carbocycles. The second-order valence-electron chi connectivity index (χ2n) is 12.7. The van der Waals surface area contributed by atoms with Crippen LogP contribution in [0.15, 0.2) is 186 Å². The van der Waals surface area contributed by atoms with Crippen molar-refractivity contribution in [2.75, 3.05) is 4.90 Å². The van der Waals surface area contributed by atoms with E-state index >= 15 is 0 Å². The summed E-state index contributed by atoms with van der Waals surface area (Å²) in [6.07, 6.45) is 0. The van der Waals surface area contributed by atoms with Gasteiger partial charge >= 0.3 is 0 Å². The van der Waals surface area contributed by atoms with E-state index in [2.05, 4.69) is 163 Å². The number of rotatable bonds is 6. The van der Waals surface area contributed by atoms with Crippen LogP contribution in [0.2, 0.25) is 0 Å². The van der Waals surface area contributed by atoms with E-state index < -0.39 is 0 Å². The van der Waals surface area contributed by atoms with Crippen LogP contribution in [-0.4, -0.2) is 4.98 Å². The third-order valence-corrected chi connectivity index (χ3v) is 10.8. The first-order chi connectivity index (χ1) is 25.3. The van der Waals surface area contributed by atoms with Crippen molar-refractivity contribution in [1.29, 1.82) is 0 Å². The average molecular weight is 671 g/mol. The smallest absolute Gasteiger partial charge is 0.227 e. The zero-order chi connectivity index (χ0) is 33.7. The van der Waals surface area contributed by atoms with Crippen LogP contribution < -0.4 is 4.90 Å². The first-order valence-corrected chi connectivity index (χ1v) is 17.9. The minimum atomic E-state index is 0.656. The summed E-state index contributed by atoms with van der Waals surface area (Å²) in [5.74, 6) is 0.656. The summed E-state index contributed by atoms with van der Waals surface area (Å²) in [7, 11) is 0. The van der Waals surface area contributed by atoms with Gasteiger partial charge in [-0.25, -0.2) is 4.98 Å². The predicted molar refractivity (Wildman–Crippen MR) is 215 cm³/mol. The minimum Gasteiger partial charge on any atom is -0.436 e. The van der Waals surface area contributed by atoms with Crippen molar-refractivity contribution in [2.45, 2.75) is 0 Å². The Morgan fingerprint density at radius 1 is 0.431 bits per heavy atom. The van der Waals surface area contributed by atoms with Gasteiger partial charge < -0.3 is 9.32 Å². The number of anilines is 3. The number of oxazole rings is 1. The maximum absolute atomic E-state index is 6.28. The zero-order valence-corrected chi connectivity index (χ0v) is 28.3. The van der Waals surface area contributed by atoms with Crippen LogP contribution in [0.1, 0.15) is 0 Å². The summed E-state index contributed by atoms with van der Waals surface area (Å²) in [5, 5.41) is 4.92. The number of hydrogen-bond acceptors (Lipinski definition) is 4. The first-order valence-electron chi connectivity index (χ1n) is 17.1. The Hall–Kier alpha value is -6.49. The van der Waals surface area contributed by atoms with E-state index in [0.29, 0.717) is 5.89 Å². The molecule has 0 bridgehead atoms. The van der Waals surface area contributed by atoms with Crippen molar-refractivity contribution >= 4 is 70.4 Å². The van der Waals surface area contributed by atoms with Crippen molar-refractivity contribution in [3.8, 4) is 33.7 Å². The highest BCUT2D eigenvalue weighted by atomic mass is 32.1. The molecule has 0 aliphatic rings. The molecule has 0 atom stereocenters. The molecule has 10 rings (SSSR count). The molecule has 4 heteroatoms. The number of aromatic nitrogens is 1. The van der Waals surface area contributed by atoms with Gasteiger partial charge in [-0.1, -0.05) is 121 Å². The van der Waals surface area contributed by atoms with Crippen LogP contribution in [0, 0.1) is 0 Å². The molecule has 240 valence electrons. The number of hydrogen-bond donors (Lipinski definition) is 0. The molecule has 2 heterocycles. The largest absolute Gasteiger partial charge is 0.436 e. The van der Waals surface area contributed by atoms with Gasteiger partial charge in [-0.15, -0.1) is 11.3 Å². The van der Waals surface area contributed by atoms with Crippen molar-refractivity contribution in [2.24, 2.45) is 0 Å². The van der Waals surface area contributed by atoms with Gasteiger partial charge in [0.1, 0.15) is 5.52 Å². The molecule has 51 heavy (non-hydrogen) atoms. The Kier molecular flexibility index (Phi) is 7.00. The van der Waals surface area contributed by atoms with Crippen LogP contribution in [0.3, 0.4) is 0 Å². The van der Waals surface area contributed by atoms with Crippen molar-refractivity contribution < 1.29 is 4.42 Å². The van der Waals surface area contributed by atoms with Crippen LogP contribution in [0.25, 0.3) is 75.8 Å². The molecule has 3 nitrogen and oxygen atoms in total. The van der Waals surface area contributed by atoms with Crippen molar-refractivity contribution in [1.82, 2.24) is 4.98 Å². The fourth-order valence-electron chi connectivity index (χ4n) is 7.33. The monoisotopic (exact) mass is 670 g/mol. The number of benzene rings is 8. The lowest BCUT2D eigenvalue weighted by atomic mass is 9.94. The van der Waals surface area contributed by atoms with Crippen molar-refractivity contribution in [3.05, 3.63) is 182 Å². The Bertz CT molecular complexity index is 2760. The van der Waals surface area contributed by atoms with E-state index in [9.17, 15) is 0 Å². The van der Waals surface area contributed by atoms with Gasteiger partial charge in [0, 0.05) is 42.8 Å². The van der Waals surface area contributed by atoms with E-state index in [1.807, 2.05) is 35.6 Å². The van der Waals surface area contributed by atoms with Gasteiger partial charge in [0.15, 0.2) is 5.58 Å².